The van der Waals surface area contributed by atoms with Crippen LogP contribution in [0, 0.1) is 0 Å². The van der Waals surface area contributed by atoms with Crippen LogP contribution in [0.3, 0.4) is 0 Å². The minimum atomic E-state index is -0.549. The van der Waals surface area contributed by atoms with Crippen molar-refractivity contribution < 1.29 is 14.3 Å². The van der Waals surface area contributed by atoms with Crippen molar-refractivity contribution in [2.24, 2.45) is 0 Å². The predicted molar refractivity (Wildman–Crippen MR) is 137 cm³/mol. The highest BCUT2D eigenvalue weighted by molar-refractivity contribution is 6.34. The third-order valence-corrected chi connectivity index (χ3v) is 6.12. The van der Waals surface area contributed by atoms with Crippen molar-refractivity contribution in [2.75, 3.05) is 13.1 Å². The van der Waals surface area contributed by atoms with Crippen LogP contribution in [0.1, 0.15) is 55.2 Å². The molecule has 1 aliphatic heterocycles. The first-order chi connectivity index (χ1) is 16.1. The van der Waals surface area contributed by atoms with Crippen LogP contribution in [-0.2, 0) is 4.74 Å². The van der Waals surface area contributed by atoms with Crippen LogP contribution in [0.2, 0.25) is 5.02 Å². The van der Waals surface area contributed by atoms with E-state index in [0.717, 1.165) is 27.5 Å². The van der Waals surface area contributed by atoms with E-state index in [4.69, 9.17) is 16.3 Å². The van der Waals surface area contributed by atoms with Crippen LogP contribution in [0.4, 0.5) is 4.79 Å². The first kappa shape index (κ1) is 23.8. The van der Waals surface area contributed by atoms with Crippen LogP contribution in [0.25, 0.3) is 16.3 Å². The van der Waals surface area contributed by atoms with Crippen LogP contribution in [0.5, 0.6) is 0 Å². The number of amides is 2. The highest BCUT2D eigenvalue weighted by Gasteiger charge is 2.26. The third-order valence-electron chi connectivity index (χ3n) is 5.79. The van der Waals surface area contributed by atoms with Gasteiger partial charge in [-0.05, 0) is 67.3 Å². The molecule has 34 heavy (non-hydrogen) atoms. The maximum atomic E-state index is 13.2. The second-order valence-electron chi connectivity index (χ2n) is 9.55. The fourth-order valence-corrected chi connectivity index (χ4v) is 4.31. The van der Waals surface area contributed by atoms with Gasteiger partial charge in [0, 0.05) is 13.1 Å². The summed E-state index contributed by atoms with van der Waals surface area (Å²) < 4.78 is 5.47. The summed E-state index contributed by atoms with van der Waals surface area (Å²) in [5, 5.41) is 5.71. The quantitative estimate of drug-likeness (QED) is 0.460. The average molecular weight is 477 g/mol. The van der Waals surface area contributed by atoms with Crippen molar-refractivity contribution in [3.63, 3.8) is 0 Å². The van der Waals surface area contributed by atoms with E-state index in [1.807, 2.05) is 64.1 Å². The maximum absolute atomic E-state index is 13.2. The lowest BCUT2D eigenvalue weighted by molar-refractivity contribution is 0.0306. The number of benzene rings is 3. The summed E-state index contributed by atoms with van der Waals surface area (Å²) in [5.74, 6) is -0.241. The van der Waals surface area contributed by atoms with Gasteiger partial charge in [-0.15, -0.1) is 0 Å². The zero-order valence-electron chi connectivity index (χ0n) is 19.9. The van der Waals surface area contributed by atoms with Gasteiger partial charge in [0.25, 0.3) is 5.91 Å². The predicted octanol–water partition coefficient (Wildman–Crippen LogP) is 6.62. The Morgan fingerprint density at radius 1 is 1.06 bits per heavy atom. The van der Waals surface area contributed by atoms with Gasteiger partial charge in [0.05, 0.1) is 16.6 Å². The van der Waals surface area contributed by atoms with E-state index in [-0.39, 0.29) is 18.0 Å². The van der Waals surface area contributed by atoms with Crippen molar-refractivity contribution in [3.05, 3.63) is 88.5 Å². The van der Waals surface area contributed by atoms with Gasteiger partial charge in [0.1, 0.15) is 5.60 Å². The topological polar surface area (TPSA) is 58.6 Å². The second-order valence-corrected chi connectivity index (χ2v) is 9.96. The molecule has 1 N–H and O–H groups in total. The van der Waals surface area contributed by atoms with Crippen molar-refractivity contribution in [1.29, 1.82) is 0 Å². The standard InChI is InChI=1S/C28H29ClN2O3/c1-18(22-11-7-9-19-8-5-6-10-23(19)22)30-26(32)24-16-20(12-13-25(24)29)21-14-15-31(17-21)27(33)34-28(2,3)4/h5-14,16,18H,15,17H2,1-4H3,(H,30,32)/t18-/m1/s1. The molecule has 0 spiro atoms. The van der Waals surface area contributed by atoms with Gasteiger partial charge in [-0.1, -0.05) is 66.2 Å². The first-order valence-corrected chi connectivity index (χ1v) is 11.8. The largest absolute Gasteiger partial charge is 0.444 e. The molecule has 1 atom stereocenters. The van der Waals surface area contributed by atoms with Gasteiger partial charge >= 0.3 is 6.09 Å². The molecule has 0 unspecified atom stereocenters. The molecule has 0 fully saturated rings. The van der Waals surface area contributed by atoms with E-state index in [1.54, 1.807) is 17.0 Å². The summed E-state index contributed by atoms with van der Waals surface area (Å²) in [4.78, 5) is 27.2. The molecule has 0 aliphatic carbocycles. The van der Waals surface area contributed by atoms with Gasteiger partial charge in [-0.3, -0.25) is 4.79 Å². The Kier molecular flexibility index (Phi) is 6.67. The number of hydrogen-bond acceptors (Lipinski definition) is 3. The number of halogens is 1. The molecule has 1 heterocycles. The summed E-state index contributed by atoms with van der Waals surface area (Å²) in [6.45, 7) is 8.39. The SMILES string of the molecule is C[C@@H](NC(=O)c1cc(C2=CCN(C(=O)OC(C)(C)C)C2)ccc1Cl)c1cccc2ccccc12. The van der Waals surface area contributed by atoms with E-state index < -0.39 is 5.60 Å². The molecule has 0 bridgehead atoms. The number of carbonyl (C=O) groups is 2. The lowest BCUT2D eigenvalue weighted by atomic mass is 9.99. The molecule has 2 amide bonds. The minimum absolute atomic E-state index is 0.202. The smallest absolute Gasteiger partial charge is 0.410 e. The zero-order chi connectivity index (χ0) is 24.5. The summed E-state index contributed by atoms with van der Waals surface area (Å²) >= 11 is 6.41. The van der Waals surface area contributed by atoms with Crippen LogP contribution >= 0.6 is 11.6 Å². The summed E-state index contributed by atoms with van der Waals surface area (Å²) in [6, 6.07) is 19.4. The number of nitrogens with one attached hydrogen (secondary N) is 1. The fraction of sp³-hybridized carbons (Fsp3) is 0.286. The number of hydrogen-bond donors (Lipinski definition) is 1. The minimum Gasteiger partial charge on any atom is -0.444 e. The Morgan fingerprint density at radius 2 is 1.79 bits per heavy atom. The molecule has 0 radical (unpaired) electrons. The third kappa shape index (κ3) is 5.26. The number of ether oxygens (including phenoxy) is 1. The highest BCUT2D eigenvalue weighted by atomic mass is 35.5. The van der Waals surface area contributed by atoms with E-state index >= 15 is 0 Å². The van der Waals surface area contributed by atoms with Crippen LogP contribution in [-0.4, -0.2) is 35.6 Å². The normalized spacial score (nSPS) is 14.6. The Morgan fingerprint density at radius 3 is 2.56 bits per heavy atom. The number of rotatable bonds is 4. The average Bonchev–Trinajstić information content (AvgIpc) is 3.28. The Labute approximate surface area is 205 Å². The summed E-state index contributed by atoms with van der Waals surface area (Å²) in [6.07, 6.45) is 1.63. The molecular weight excluding hydrogens is 448 g/mol. The van der Waals surface area contributed by atoms with Gasteiger partial charge in [0.15, 0.2) is 0 Å². The molecule has 176 valence electrons. The number of carbonyl (C=O) groups excluding carboxylic acids is 2. The zero-order valence-corrected chi connectivity index (χ0v) is 20.6. The van der Waals surface area contributed by atoms with Crippen LogP contribution < -0.4 is 5.32 Å². The second kappa shape index (κ2) is 9.51. The molecule has 5 nitrogen and oxygen atoms in total. The molecule has 6 heteroatoms. The molecular formula is C28H29ClN2O3. The number of nitrogens with zero attached hydrogens (tertiary/aromatic N) is 1. The van der Waals surface area contributed by atoms with Gasteiger partial charge in [-0.2, -0.15) is 0 Å². The fourth-order valence-electron chi connectivity index (χ4n) is 4.11. The van der Waals surface area contributed by atoms with E-state index in [2.05, 4.69) is 23.5 Å². The lowest BCUT2D eigenvalue weighted by Gasteiger charge is -2.24. The van der Waals surface area contributed by atoms with Crippen molar-refractivity contribution in [1.82, 2.24) is 10.2 Å². The van der Waals surface area contributed by atoms with Crippen molar-refractivity contribution in [2.45, 2.75) is 39.3 Å². The van der Waals surface area contributed by atoms with E-state index in [0.29, 0.717) is 23.7 Å². The van der Waals surface area contributed by atoms with Gasteiger partial charge in [-0.25, -0.2) is 4.79 Å². The molecule has 3 aromatic rings. The lowest BCUT2D eigenvalue weighted by Crippen LogP contribution is -2.35. The molecule has 3 aromatic carbocycles. The monoisotopic (exact) mass is 476 g/mol. The van der Waals surface area contributed by atoms with E-state index in [9.17, 15) is 9.59 Å². The first-order valence-electron chi connectivity index (χ1n) is 11.4. The highest BCUT2D eigenvalue weighted by Crippen LogP contribution is 2.28. The molecule has 0 aromatic heterocycles. The molecule has 4 rings (SSSR count). The Bertz CT molecular complexity index is 1270. The van der Waals surface area contributed by atoms with Gasteiger partial charge < -0.3 is 15.0 Å². The van der Waals surface area contributed by atoms with E-state index in [1.165, 1.54) is 0 Å². The van der Waals surface area contributed by atoms with Crippen molar-refractivity contribution in [3.8, 4) is 0 Å². The Balaban J connectivity index is 1.50. The number of fused-ring (bicyclic) bond motifs is 1. The summed E-state index contributed by atoms with van der Waals surface area (Å²) in [5.41, 5.74) is 2.72. The van der Waals surface area contributed by atoms with Crippen LogP contribution in [0.15, 0.2) is 66.7 Å². The molecule has 0 saturated heterocycles. The van der Waals surface area contributed by atoms with Crippen molar-refractivity contribution >= 4 is 39.9 Å². The van der Waals surface area contributed by atoms with Gasteiger partial charge in [0.2, 0.25) is 0 Å². The Hall–Kier alpha value is -3.31. The molecule has 0 saturated carbocycles. The molecule has 1 aliphatic rings. The maximum Gasteiger partial charge on any atom is 0.410 e. The summed E-state index contributed by atoms with van der Waals surface area (Å²) in [7, 11) is 0.